The van der Waals surface area contributed by atoms with Gasteiger partial charge in [0.25, 0.3) is 5.91 Å². The number of aromatic nitrogens is 2. The molecule has 0 atom stereocenters. The van der Waals surface area contributed by atoms with Crippen LogP contribution in [0.3, 0.4) is 0 Å². The summed E-state index contributed by atoms with van der Waals surface area (Å²) in [6.45, 7) is 5.06. The summed E-state index contributed by atoms with van der Waals surface area (Å²) < 4.78 is 0. The normalized spacial score (nSPS) is 13.4. The second-order valence-electron chi connectivity index (χ2n) is 7.35. The summed E-state index contributed by atoms with van der Waals surface area (Å²) in [5.41, 5.74) is 5.92. The van der Waals surface area contributed by atoms with E-state index in [4.69, 9.17) is 5.26 Å². The standard InChI is InChI=1S/C23H19N5O/c1-14-3-6-18(9-20(14)22-21(11-25)15(2)26-27-22)23(29)28-12-19(13-28)17-7-4-16(10-24)5-8-17/h3-9,19H,12-13H2,1-2H3,(H,26,27). The smallest absolute Gasteiger partial charge is 0.253 e. The van der Waals surface area contributed by atoms with Crippen molar-refractivity contribution in [2.45, 2.75) is 19.8 Å². The number of carbonyl (C=O) groups is 1. The Bertz CT molecular complexity index is 1170. The van der Waals surface area contributed by atoms with E-state index in [-0.39, 0.29) is 11.8 Å². The molecule has 29 heavy (non-hydrogen) atoms. The van der Waals surface area contributed by atoms with Crippen LogP contribution in [0.25, 0.3) is 11.3 Å². The largest absolute Gasteiger partial charge is 0.337 e. The Balaban J connectivity index is 1.53. The van der Waals surface area contributed by atoms with Gasteiger partial charge in [0.15, 0.2) is 0 Å². The monoisotopic (exact) mass is 381 g/mol. The van der Waals surface area contributed by atoms with Crippen molar-refractivity contribution < 1.29 is 4.79 Å². The Kier molecular flexibility index (Phi) is 4.62. The Labute approximate surface area is 169 Å². The summed E-state index contributed by atoms with van der Waals surface area (Å²) >= 11 is 0. The molecule has 2 aromatic carbocycles. The number of H-pyrrole nitrogens is 1. The fourth-order valence-electron chi connectivity index (χ4n) is 3.64. The molecule has 1 fully saturated rings. The number of nitriles is 2. The minimum atomic E-state index is -0.0260. The minimum Gasteiger partial charge on any atom is -0.337 e. The van der Waals surface area contributed by atoms with Gasteiger partial charge in [-0.15, -0.1) is 0 Å². The van der Waals surface area contributed by atoms with Gasteiger partial charge in [-0.05, 0) is 49.2 Å². The van der Waals surface area contributed by atoms with Crippen LogP contribution in [0.2, 0.25) is 0 Å². The second-order valence-corrected chi connectivity index (χ2v) is 7.35. The maximum absolute atomic E-state index is 12.9. The number of benzene rings is 2. The average molecular weight is 381 g/mol. The molecule has 1 aromatic heterocycles. The predicted molar refractivity (Wildman–Crippen MR) is 108 cm³/mol. The van der Waals surface area contributed by atoms with Crippen LogP contribution in [0.1, 0.15) is 44.2 Å². The van der Waals surface area contributed by atoms with Gasteiger partial charge in [-0.2, -0.15) is 15.6 Å². The molecule has 142 valence electrons. The summed E-state index contributed by atoms with van der Waals surface area (Å²) in [5, 5.41) is 25.5. The molecule has 0 spiro atoms. The zero-order valence-corrected chi connectivity index (χ0v) is 16.2. The summed E-state index contributed by atoms with van der Waals surface area (Å²) in [4.78, 5) is 14.8. The number of likely N-dealkylation sites (tertiary alicyclic amines) is 1. The maximum Gasteiger partial charge on any atom is 0.253 e. The van der Waals surface area contributed by atoms with Gasteiger partial charge < -0.3 is 4.90 Å². The molecule has 4 rings (SSSR count). The molecule has 1 amide bonds. The van der Waals surface area contributed by atoms with Gasteiger partial charge >= 0.3 is 0 Å². The highest BCUT2D eigenvalue weighted by atomic mass is 16.2. The van der Waals surface area contributed by atoms with Gasteiger partial charge in [0.05, 0.1) is 17.3 Å². The number of aromatic amines is 1. The number of hydrogen-bond donors (Lipinski definition) is 1. The van der Waals surface area contributed by atoms with E-state index < -0.39 is 0 Å². The first-order chi connectivity index (χ1) is 14.0. The van der Waals surface area contributed by atoms with Crippen molar-refractivity contribution in [2.75, 3.05) is 13.1 Å². The predicted octanol–water partition coefficient (Wildman–Crippen LogP) is 3.68. The number of hydrogen-bond acceptors (Lipinski definition) is 4. The lowest BCUT2D eigenvalue weighted by atomic mass is 9.90. The molecule has 0 aliphatic carbocycles. The first kappa shape index (κ1) is 18.5. The molecule has 1 saturated heterocycles. The fraction of sp³-hybridized carbons (Fsp3) is 0.217. The zero-order valence-electron chi connectivity index (χ0n) is 16.2. The molecule has 2 heterocycles. The molecule has 6 heteroatoms. The molecule has 0 bridgehead atoms. The topological polar surface area (TPSA) is 96.6 Å². The third-order valence-electron chi connectivity index (χ3n) is 5.48. The van der Waals surface area contributed by atoms with Crippen LogP contribution in [-0.4, -0.2) is 34.1 Å². The zero-order chi connectivity index (χ0) is 20.5. The fourth-order valence-corrected chi connectivity index (χ4v) is 3.64. The van der Waals surface area contributed by atoms with Crippen LogP contribution in [-0.2, 0) is 0 Å². The number of rotatable bonds is 3. The Hall–Kier alpha value is -3.90. The highest BCUT2D eigenvalue weighted by Gasteiger charge is 2.32. The van der Waals surface area contributed by atoms with Crippen LogP contribution in [0, 0.1) is 36.5 Å². The van der Waals surface area contributed by atoms with Crippen molar-refractivity contribution in [3.63, 3.8) is 0 Å². The lowest BCUT2D eigenvalue weighted by molar-refractivity contribution is 0.0602. The van der Waals surface area contributed by atoms with Gasteiger partial charge in [0, 0.05) is 30.1 Å². The summed E-state index contributed by atoms with van der Waals surface area (Å²) in [6, 6.07) is 17.4. The first-order valence-corrected chi connectivity index (χ1v) is 9.37. The Morgan fingerprint density at radius 1 is 1.10 bits per heavy atom. The van der Waals surface area contributed by atoms with Crippen molar-refractivity contribution >= 4 is 5.91 Å². The van der Waals surface area contributed by atoms with E-state index in [1.54, 1.807) is 0 Å². The molecule has 1 aliphatic heterocycles. The van der Waals surface area contributed by atoms with Crippen molar-refractivity contribution in [3.05, 3.63) is 76.0 Å². The van der Waals surface area contributed by atoms with E-state index in [2.05, 4.69) is 22.3 Å². The molecular formula is C23H19N5O. The van der Waals surface area contributed by atoms with E-state index in [0.29, 0.717) is 41.2 Å². The molecule has 0 saturated carbocycles. The molecule has 1 N–H and O–H groups in total. The van der Waals surface area contributed by atoms with Gasteiger partial charge in [0.2, 0.25) is 0 Å². The highest BCUT2D eigenvalue weighted by Crippen LogP contribution is 2.31. The highest BCUT2D eigenvalue weighted by molar-refractivity contribution is 5.96. The van der Waals surface area contributed by atoms with Crippen molar-refractivity contribution in [1.29, 1.82) is 10.5 Å². The SMILES string of the molecule is Cc1ccc(C(=O)N2CC(c3ccc(C#N)cc3)C2)cc1-c1n[nH]c(C)c1C#N. The minimum absolute atomic E-state index is 0.0260. The quantitative estimate of drug-likeness (QED) is 0.748. The van der Waals surface area contributed by atoms with E-state index in [1.165, 1.54) is 0 Å². The third-order valence-corrected chi connectivity index (χ3v) is 5.48. The molecular weight excluding hydrogens is 362 g/mol. The van der Waals surface area contributed by atoms with E-state index >= 15 is 0 Å². The van der Waals surface area contributed by atoms with Crippen LogP contribution in [0.15, 0.2) is 42.5 Å². The average Bonchev–Trinajstić information content (AvgIpc) is 3.08. The molecule has 0 unspecified atom stereocenters. The number of nitrogens with zero attached hydrogens (tertiary/aromatic N) is 4. The van der Waals surface area contributed by atoms with Crippen molar-refractivity contribution in [2.24, 2.45) is 0 Å². The van der Waals surface area contributed by atoms with Gasteiger partial charge in [0.1, 0.15) is 17.3 Å². The molecule has 3 aromatic rings. The maximum atomic E-state index is 12.9. The summed E-state index contributed by atoms with van der Waals surface area (Å²) in [6.07, 6.45) is 0. The van der Waals surface area contributed by atoms with Crippen molar-refractivity contribution in [1.82, 2.24) is 15.1 Å². The number of carbonyl (C=O) groups excluding carboxylic acids is 1. The van der Waals surface area contributed by atoms with Crippen LogP contribution >= 0.6 is 0 Å². The van der Waals surface area contributed by atoms with Crippen LogP contribution in [0.5, 0.6) is 0 Å². The number of aryl methyl sites for hydroxylation is 2. The Morgan fingerprint density at radius 2 is 1.83 bits per heavy atom. The van der Waals surface area contributed by atoms with E-state index in [1.807, 2.05) is 61.2 Å². The first-order valence-electron chi connectivity index (χ1n) is 9.37. The van der Waals surface area contributed by atoms with Gasteiger partial charge in [-0.1, -0.05) is 18.2 Å². The van der Waals surface area contributed by atoms with Gasteiger partial charge in [-0.25, -0.2) is 0 Å². The van der Waals surface area contributed by atoms with Crippen LogP contribution in [0.4, 0.5) is 0 Å². The van der Waals surface area contributed by atoms with Crippen molar-refractivity contribution in [3.8, 4) is 23.4 Å². The molecule has 0 radical (unpaired) electrons. The number of amides is 1. The summed E-state index contributed by atoms with van der Waals surface area (Å²) in [7, 11) is 0. The lowest BCUT2D eigenvalue weighted by Gasteiger charge is -2.39. The number of nitrogens with one attached hydrogen (secondary N) is 1. The van der Waals surface area contributed by atoms with E-state index in [9.17, 15) is 10.1 Å². The molecule has 6 nitrogen and oxygen atoms in total. The third kappa shape index (κ3) is 3.26. The van der Waals surface area contributed by atoms with Gasteiger partial charge in [-0.3, -0.25) is 9.89 Å². The van der Waals surface area contributed by atoms with Crippen LogP contribution < -0.4 is 0 Å². The Morgan fingerprint density at radius 3 is 2.48 bits per heavy atom. The summed E-state index contributed by atoms with van der Waals surface area (Å²) in [5.74, 6) is 0.262. The second kappa shape index (κ2) is 7.26. The van der Waals surface area contributed by atoms with E-state index in [0.717, 1.165) is 16.7 Å². The molecule has 1 aliphatic rings. The lowest BCUT2D eigenvalue weighted by Crippen LogP contribution is -2.48.